The first-order valence-corrected chi connectivity index (χ1v) is 7.78. The van der Waals surface area contributed by atoms with Crippen molar-refractivity contribution in [1.29, 1.82) is 0 Å². The molecule has 1 aliphatic heterocycles. The van der Waals surface area contributed by atoms with E-state index >= 15 is 0 Å². The Balaban J connectivity index is 1.68. The van der Waals surface area contributed by atoms with Gasteiger partial charge in [0.25, 0.3) is 0 Å². The zero-order valence-electron chi connectivity index (χ0n) is 12.5. The van der Waals surface area contributed by atoms with E-state index in [9.17, 15) is 0 Å². The van der Waals surface area contributed by atoms with Gasteiger partial charge in [-0.05, 0) is 56.2 Å². The van der Waals surface area contributed by atoms with E-state index in [2.05, 4.69) is 36.5 Å². The molecule has 3 rings (SSSR count). The molecule has 2 fully saturated rings. The van der Waals surface area contributed by atoms with Crippen molar-refractivity contribution >= 4 is 0 Å². The van der Waals surface area contributed by atoms with Crippen LogP contribution in [0.15, 0.2) is 24.3 Å². The normalized spacial score (nSPS) is 28.1. The van der Waals surface area contributed by atoms with Gasteiger partial charge in [0.05, 0.1) is 13.2 Å². The van der Waals surface area contributed by atoms with Crippen LogP contribution in [0, 0.1) is 5.92 Å². The zero-order chi connectivity index (χ0) is 13.9. The van der Waals surface area contributed by atoms with Gasteiger partial charge in [-0.3, -0.25) is 0 Å². The molecule has 1 aromatic rings. The molecule has 20 heavy (non-hydrogen) atoms. The lowest BCUT2D eigenvalue weighted by atomic mass is 9.97. The van der Waals surface area contributed by atoms with Crippen molar-refractivity contribution in [3.05, 3.63) is 29.8 Å². The summed E-state index contributed by atoms with van der Waals surface area (Å²) in [4.78, 5) is 0. The Kier molecular flexibility index (Phi) is 4.27. The van der Waals surface area contributed by atoms with E-state index < -0.39 is 0 Å². The Hall–Kier alpha value is -1.06. The van der Waals surface area contributed by atoms with E-state index in [4.69, 9.17) is 9.47 Å². The van der Waals surface area contributed by atoms with Gasteiger partial charge in [-0.15, -0.1) is 0 Å². The van der Waals surface area contributed by atoms with Crippen LogP contribution in [0.2, 0.25) is 0 Å². The fourth-order valence-corrected chi connectivity index (χ4v) is 3.15. The number of hydrogen-bond acceptors (Lipinski definition) is 3. The molecule has 3 nitrogen and oxygen atoms in total. The maximum Gasteiger partial charge on any atom is 0.118 e. The molecule has 2 aliphatic rings. The Morgan fingerprint density at radius 1 is 1.20 bits per heavy atom. The summed E-state index contributed by atoms with van der Waals surface area (Å²) < 4.78 is 10.9. The second-order valence-corrected chi connectivity index (χ2v) is 6.16. The van der Waals surface area contributed by atoms with Crippen LogP contribution in [0.25, 0.3) is 0 Å². The minimum Gasteiger partial charge on any atom is -0.497 e. The molecule has 0 radical (unpaired) electrons. The van der Waals surface area contributed by atoms with Crippen molar-refractivity contribution in [2.45, 2.75) is 50.8 Å². The first-order chi connectivity index (χ1) is 9.76. The lowest BCUT2D eigenvalue weighted by Crippen LogP contribution is -2.40. The van der Waals surface area contributed by atoms with Crippen LogP contribution in [0.3, 0.4) is 0 Å². The van der Waals surface area contributed by atoms with Gasteiger partial charge < -0.3 is 14.8 Å². The minimum atomic E-state index is 0.386. The van der Waals surface area contributed by atoms with Crippen LogP contribution in [0.1, 0.15) is 44.2 Å². The number of nitrogens with one attached hydrogen (secondary N) is 1. The maximum absolute atomic E-state index is 5.65. The Morgan fingerprint density at radius 3 is 2.55 bits per heavy atom. The molecule has 1 N–H and O–H groups in total. The fourth-order valence-electron chi connectivity index (χ4n) is 3.15. The Labute approximate surface area is 121 Å². The van der Waals surface area contributed by atoms with Gasteiger partial charge in [-0.2, -0.15) is 0 Å². The van der Waals surface area contributed by atoms with Crippen molar-refractivity contribution < 1.29 is 9.47 Å². The summed E-state index contributed by atoms with van der Waals surface area (Å²) in [6.07, 6.45) is 5.34. The number of rotatable bonds is 5. The van der Waals surface area contributed by atoms with Gasteiger partial charge in [0, 0.05) is 18.7 Å². The predicted octanol–water partition coefficient (Wildman–Crippen LogP) is 3.30. The highest BCUT2D eigenvalue weighted by Gasteiger charge is 2.34. The van der Waals surface area contributed by atoms with Crippen molar-refractivity contribution in [2.24, 2.45) is 5.92 Å². The summed E-state index contributed by atoms with van der Waals surface area (Å²) >= 11 is 0. The molecule has 1 aromatic carbocycles. The molecule has 0 aromatic heterocycles. The van der Waals surface area contributed by atoms with E-state index in [1.807, 2.05) is 0 Å². The third kappa shape index (κ3) is 3.33. The molecule has 110 valence electrons. The molecule has 0 amide bonds. The van der Waals surface area contributed by atoms with Crippen LogP contribution >= 0.6 is 0 Å². The zero-order valence-corrected chi connectivity index (χ0v) is 12.5. The van der Waals surface area contributed by atoms with Crippen molar-refractivity contribution in [1.82, 2.24) is 5.32 Å². The van der Waals surface area contributed by atoms with Gasteiger partial charge in [-0.25, -0.2) is 0 Å². The van der Waals surface area contributed by atoms with Gasteiger partial charge in [0.2, 0.25) is 0 Å². The molecule has 1 saturated carbocycles. The largest absolute Gasteiger partial charge is 0.497 e. The highest BCUT2D eigenvalue weighted by Crippen LogP contribution is 2.42. The minimum absolute atomic E-state index is 0.386. The summed E-state index contributed by atoms with van der Waals surface area (Å²) in [5.41, 5.74) is 1.40. The summed E-state index contributed by atoms with van der Waals surface area (Å²) in [5.74, 6) is 1.74. The molecular formula is C17H25NO2. The van der Waals surface area contributed by atoms with E-state index in [1.54, 1.807) is 7.11 Å². The second-order valence-electron chi connectivity index (χ2n) is 6.16. The number of benzene rings is 1. The SMILES string of the molecule is COc1ccc(C(NC2CCOC(C)C2)C2CC2)cc1. The van der Waals surface area contributed by atoms with Crippen LogP contribution in [-0.2, 0) is 4.74 Å². The van der Waals surface area contributed by atoms with Crippen molar-refractivity contribution in [3.8, 4) is 5.75 Å². The third-order valence-corrected chi connectivity index (χ3v) is 4.47. The fraction of sp³-hybridized carbons (Fsp3) is 0.647. The van der Waals surface area contributed by atoms with Gasteiger partial charge in [0.15, 0.2) is 0 Å². The third-order valence-electron chi connectivity index (χ3n) is 4.47. The van der Waals surface area contributed by atoms with Crippen LogP contribution in [0.4, 0.5) is 0 Å². The molecule has 3 heteroatoms. The molecular weight excluding hydrogens is 250 g/mol. The highest BCUT2D eigenvalue weighted by molar-refractivity contribution is 5.30. The van der Waals surface area contributed by atoms with Gasteiger partial charge >= 0.3 is 0 Å². The maximum atomic E-state index is 5.65. The van der Waals surface area contributed by atoms with Gasteiger partial charge in [0.1, 0.15) is 5.75 Å². The number of hydrogen-bond donors (Lipinski definition) is 1. The summed E-state index contributed by atoms with van der Waals surface area (Å²) in [6, 6.07) is 9.63. The molecule has 3 unspecified atom stereocenters. The van der Waals surface area contributed by atoms with Crippen molar-refractivity contribution in [3.63, 3.8) is 0 Å². The molecule has 1 heterocycles. The molecule has 1 saturated heterocycles. The summed E-state index contributed by atoms with van der Waals surface area (Å²) in [6.45, 7) is 3.06. The van der Waals surface area contributed by atoms with Crippen LogP contribution < -0.4 is 10.1 Å². The first kappa shape index (κ1) is 13.9. The number of methoxy groups -OCH3 is 1. The Bertz CT molecular complexity index is 427. The summed E-state index contributed by atoms with van der Waals surface area (Å²) in [5, 5.41) is 3.88. The highest BCUT2D eigenvalue weighted by atomic mass is 16.5. The van der Waals surface area contributed by atoms with Gasteiger partial charge in [-0.1, -0.05) is 12.1 Å². The summed E-state index contributed by atoms with van der Waals surface area (Å²) in [7, 11) is 1.72. The lowest BCUT2D eigenvalue weighted by molar-refractivity contribution is 0.0106. The van der Waals surface area contributed by atoms with E-state index in [0.717, 1.165) is 31.1 Å². The number of ether oxygens (including phenoxy) is 2. The van der Waals surface area contributed by atoms with E-state index in [1.165, 1.54) is 18.4 Å². The molecule has 0 spiro atoms. The average Bonchev–Trinajstić information content (AvgIpc) is 3.30. The molecule has 1 aliphatic carbocycles. The van der Waals surface area contributed by atoms with Crippen molar-refractivity contribution in [2.75, 3.05) is 13.7 Å². The monoisotopic (exact) mass is 275 g/mol. The van der Waals surface area contributed by atoms with Crippen LogP contribution in [0.5, 0.6) is 5.75 Å². The smallest absolute Gasteiger partial charge is 0.118 e. The lowest BCUT2D eigenvalue weighted by Gasteiger charge is -2.32. The Morgan fingerprint density at radius 2 is 1.95 bits per heavy atom. The molecule has 0 bridgehead atoms. The van der Waals surface area contributed by atoms with Crippen LogP contribution in [-0.4, -0.2) is 25.9 Å². The quantitative estimate of drug-likeness (QED) is 0.894. The first-order valence-electron chi connectivity index (χ1n) is 7.78. The van der Waals surface area contributed by atoms with E-state index in [0.29, 0.717) is 18.2 Å². The topological polar surface area (TPSA) is 30.5 Å². The molecule has 3 atom stereocenters. The standard InChI is InChI=1S/C17H25NO2/c1-12-11-15(9-10-20-12)18-17(13-3-4-13)14-5-7-16(19-2)8-6-14/h5-8,12-13,15,17-18H,3-4,9-11H2,1-2H3. The average molecular weight is 275 g/mol. The second kappa shape index (κ2) is 6.15. The predicted molar refractivity (Wildman–Crippen MR) is 80.0 cm³/mol. The van der Waals surface area contributed by atoms with E-state index in [-0.39, 0.29) is 0 Å².